The molecular weight excluding hydrogens is 334 g/mol. The maximum atomic E-state index is 12.6. The molecule has 2 aromatic heterocycles. The highest BCUT2D eigenvalue weighted by Gasteiger charge is 2.15. The van der Waals surface area contributed by atoms with E-state index in [1.807, 2.05) is 32.0 Å². The zero-order valence-corrected chi connectivity index (χ0v) is 14.7. The Morgan fingerprint density at radius 2 is 2.00 bits per heavy atom. The summed E-state index contributed by atoms with van der Waals surface area (Å²) in [6.07, 6.45) is 2.98. The molecule has 0 aliphatic carbocycles. The van der Waals surface area contributed by atoms with Gasteiger partial charge in [-0.1, -0.05) is 24.4 Å². The van der Waals surface area contributed by atoms with E-state index in [-0.39, 0.29) is 5.91 Å². The number of nitrogens with two attached hydrogens (primary N) is 1. The molecule has 0 saturated carbocycles. The smallest absolute Gasteiger partial charge is 0.261 e. The Hall–Kier alpha value is -3.06. The van der Waals surface area contributed by atoms with Crippen molar-refractivity contribution in [1.82, 2.24) is 14.6 Å². The van der Waals surface area contributed by atoms with Crippen LogP contribution in [0.1, 0.15) is 27.3 Å². The standard InChI is InChI=1S/C18H17N5OS/c1-11-7-12(2)23-17(21-11)16(9-20-23)18(24)22-15-5-3-13(4-6-15)14(8-19)10-25/h3-10H,19H2,1-2H3,(H,22,24). The highest BCUT2D eigenvalue weighted by atomic mass is 32.1. The summed E-state index contributed by atoms with van der Waals surface area (Å²) in [4.78, 5) is 17.0. The van der Waals surface area contributed by atoms with Crippen molar-refractivity contribution in [2.75, 3.05) is 5.32 Å². The molecule has 2 heterocycles. The van der Waals surface area contributed by atoms with Gasteiger partial charge in [-0.05, 0) is 37.6 Å². The first kappa shape index (κ1) is 16.8. The van der Waals surface area contributed by atoms with Gasteiger partial charge in [0.1, 0.15) is 5.56 Å². The molecule has 0 atom stereocenters. The summed E-state index contributed by atoms with van der Waals surface area (Å²) in [7, 11) is 0. The van der Waals surface area contributed by atoms with Crippen molar-refractivity contribution >= 4 is 40.4 Å². The van der Waals surface area contributed by atoms with Crippen molar-refractivity contribution < 1.29 is 4.79 Å². The first-order chi connectivity index (χ1) is 12.0. The van der Waals surface area contributed by atoms with Gasteiger partial charge in [-0.2, -0.15) is 5.10 Å². The Bertz CT molecular complexity index is 989. The minimum atomic E-state index is -0.260. The molecule has 0 radical (unpaired) electrons. The summed E-state index contributed by atoms with van der Waals surface area (Å²) in [5.74, 6) is -0.260. The van der Waals surface area contributed by atoms with Crippen LogP contribution in [0.5, 0.6) is 0 Å². The molecule has 3 N–H and O–H groups in total. The van der Waals surface area contributed by atoms with E-state index in [4.69, 9.17) is 18.0 Å². The van der Waals surface area contributed by atoms with Crippen LogP contribution in [0.25, 0.3) is 11.2 Å². The van der Waals surface area contributed by atoms with Crippen LogP contribution in [0.15, 0.2) is 42.7 Å². The third-order valence-electron chi connectivity index (χ3n) is 3.81. The van der Waals surface area contributed by atoms with Crippen molar-refractivity contribution in [3.63, 3.8) is 0 Å². The van der Waals surface area contributed by atoms with Crippen molar-refractivity contribution in [1.29, 1.82) is 0 Å². The fourth-order valence-electron chi connectivity index (χ4n) is 2.58. The molecule has 0 aliphatic rings. The quantitative estimate of drug-likeness (QED) is 0.558. The highest BCUT2D eigenvalue weighted by molar-refractivity contribution is 7.79. The van der Waals surface area contributed by atoms with Crippen LogP contribution in [0.4, 0.5) is 5.69 Å². The third-order valence-corrected chi connectivity index (χ3v) is 4.06. The number of aromatic nitrogens is 3. The second kappa shape index (κ2) is 6.82. The van der Waals surface area contributed by atoms with Crippen LogP contribution < -0.4 is 11.1 Å². The Morgan fingerprint density at radius 3 is 2.64 bits per heavy atom. The third kappa shape index (κ3) is 3.27. The van der Waals surface area contributed by atoms with Gasteiger partial charge in [0.15, 0.2) is 5.65 Å². The predicted octanol–water partition coefficient (Wildman–Crippen LogP) is 2.90. The Kier molecular flexibility index (Phi) is 4.58. The topological polar surface area (TPSA) is 85.3 Å². The molecule has 1 aromatic carbocycles. The summed E-state index contributed by atoms with van der Waals surface area (Å²) in [6.45, 7) is 3.81. The number of allylic oxidation sites excluding steroid dienone is 1. The van der Waals surface area contributed by atoms with Gasteiger partial charge >= 0.3 is 0 Å². The number of hydrogen-bond acceptors (Lipinski definition) is 5. The van der Waals surface area contributed by atoms with E-state index < -0.39 is 0 Å². The summed E-state index contributed by atoms with van der Waals surface area (Å²) in [6, 6.07) is 9.20. The van der Waals surface area contributed by atoms with E-state index >= 15 is 0 Å². The molecule has 6 nitrogen and oxygen atoms in total. The van der Waals surface area contributed by atoms with Crippen LogP contribution in [-0.2, 0) is 0 Å². The van der Waals surface area contributed by atoms with Crippen LogP contribution >= 0.6 is 12.2 Å². The zero-order valence-electron chi connectivity index (χ0n) is 13.9. The molecule has 0 fully saturated rings. The number of hydrogen-bond donors (Lipinski definition) is 2. The normalized spacial score (nSPS) is 11.5. The summed E-state index contributed by atoms with van der Waals surface area (Å²) in [5.41, 5.74) is 10.6. The summed E-state index contributed by atoms with van der Waals surface area (Å²) < 4.78 is 1.66. The Labute approximate surface area is 150 Å². The molecular formula is C18H17N5OS. The monoisotopic (exact) mass is 351 g/mol. The molecule has 3 aromatic rings. The first-order valence-electron chi connectivity index (χ1n) is 7.64. The lowest BCUT2D eigenvalue weighted by Crippen LogP contribution is -2.12. The van der Waals surface area contributed by atoms with Gasteiger partial charge in [0.05, 0.1) is 6.20 Å². The number of thiocarbonyl (C=S) groups is 1. The fraction of sp³-hybridized carbons (Fsp3) is 0.111. The highest BCUT2D eigenvalue weighted by Crippen LogP contribution is 2.18. The van der Waals surface area contributed by atoms with E-state index in [1.54, 1.807) is 16.6 Å². The molecule has 0 bridgehead atoms. The minimum absolute atomic E-state index is 0.260. The molecule has 3 rings (SSSR count). The van der Waals surface area contributed by atoms with Crippen molar-refractivity contribution in [3.05, 3.63) is 65.2 Å². The van der Waals surface area contributed by atoms with Crippen LogP contribution in [-0.4, -0.2) is 25.9 Å². The molecule has 0 saturated heterocycles. The lowest BCUT2D eigenvalue weighted by Gasteiger charge is -2.06. The second-order valence-electron chi connectivity index (χ2n) is 5.60. The van der Waals surface area contributed by atoms with Crippen molar-refractivity contribution in [2.45, 2.75) is 13.8 Å². The molecule has 126 valence electrons. The molecule has 0 spiro atoms. The molecule has 7 heteroatoms. The lowest BCUT2D eigenvalue weighted by molar-refractivity contribution is 0.102. The van der Waals surface area contributed by atoms with Gasteiger partial charge in [-0.25, -0.2) is 9.50 Å². The van der Waals surface area contributed by atoms with Crippen LogP contribution in [0.2, 0.25) is 0 Å². The molecule has 1 amide bonds. The number of nitrogens with one attached hydrogen (secondary N) is 1. The lowest BCUT2D eigenvalue weighted by atomic mass is 10.1. The van der Waals surface area contributed by atoms with E-state index in [0.717, 1.165) is 22.5 Å². The number of carbonyl (C=O) groups is 1. The van der Waals surface area contributed by atoms with Crippen molar-refractivity contribution in [3.8, 4) is 0 Å². The zero-order chi connectivity index (χ0) is 18.0. The van der Waals surface area contributed by atoms with E-state index in [0.29, 0.717) is 16.9 Å². The number of aryl methyl sites for hydroxylation is 2. The number of rotatable bonds is 4. The van der Waals surface area contributed by atoms with Crippen LogP contribution in [0, 0.1) is 13.8 Å². The number of fused-ring (bicyclic) bond motifs is 1. The average Bonchev–Trinajstić information content (AvgIpc) is 3.01. The number of amides is 1. The van der Waals surface area contributed by atoms with Gasteiger partial charge in [0.2, 0.25) is 0 Å². The number of anilines is 1. The molecule has 0 unspecified atom stereocenters. The fourth-order valence-corrected chi connectivity index (χ4v) is 2.79. The van der Waals surface area contributed by atoms with Gasteiger partial charge in [0.25, 0.3) is 5.91 Å². The van der Waals surface area contributed by atoms with Gasteiger partial charge in [-0.15, -0.1) is 0 Å². The Morgan fingerprint density at radius 1 is 1.28 bits per heavy atom. The van der Waals surface area contributed by atoms with E-state index in [2.05, 4.69) is 15.4 Å². The number of benzene rings is 1. The van der Waals surface area contributed by atoms with E-state index in [1.165, 1.54) is 17.8 Å². The minimum Gasteiger partial charge on any atom is -0.404 e. The first-order valence-corrected chi connectivity index (χ1v) is 8.11. The molecule has 0 aliphatic heterocycles. The van der Waals surface area contributed by atoms with Crippen molar-refractivity contribution in [2.24, 2.45) is 5.73 Å². The largest absolute Gasteiger partial charge is 0.404 e. The maximum absolute atomic E-state index is 12.6. The number of carbonyl (C=O) groups excluding carboxylic acids is 1. The maximum Gasteiger partial charge on any atom is 0.261 e. The van der Waals surface area contributed by atoms with Gasteiger partial charge < -0.3 is 11.1 Å². The molecule has 25 heavy (non-hydrogen) atoms. The summed E-state index contributed by atoms with van der Waals surface area (Å²) in [5, 5.41) is 8.61. The second-order valence-corrected chi connectivity index (χ2v) is 5.84. The van der Waals surface area contributed by atoms with Gasteiger partial charge in [0, 0.05) is 34.2 Å². The number of nitrogens with zero attached hydrogens (tertiary/aromatic N) is 3. The van der Waals surface area contributed by atoms with E-state index in [9.17, 15) is 4.79 Å². The Balaban J connectivity index is 1.87. The van der Waals surface area contributed by atoms with Crippen LogP contribution in [0.3, 0.4) is 0 Å². The average molecular weight is 351 g/mol. The SMILES string of the molecule is Cc1cc(C)n2ncc(C(=O)Nc3ccc(C(C=S)=CN)cc3)c2n1. The predicted molar refractivity (Wildman–Crippen MR) is 103 cm³/mol. The summed E-state index contributed by atoms with van der Waals surface area (Å²) >= 11 is 4.92. The van der Waals surface area contributed by atoms with Gasteiger partial charge in [-0.3, -0.25) is 4.79 Å².